The molecule has 0 saturated heterocycles. The molecule has 0 fully saturated rings. The van der Waals surface area contributed by atoms with Crippen molar-refractivity contribution < 1.29 is 9.18 Å². The van der Waals surface area contributed by atoms with Crippen LogP contribution in [0.3, 0.4) is 0 Å². The molecule has 1 aromatic heterocycles. The number of fused-ring (bicyclic) bond motifs is 1. The molecule has 0 unspecified atom stereocenters. The number of benzene rings is 1. The molecular weight excluding hydrogens is 261 g/mol. The van der Waals surface area contributed by atoms with E-state index in [0.29, 0.717) is 13.0 Å². The third-order valence-corrected chi connectivity index (χ3v) is 4.43. The van der Waals surface area contributed by atoms with Gasteiger partial charge in [0.1, 0.15) is 5.82 Å². The maximum atomic E-state index is 13.1. The molecule has 4 heteroatoms. The lowest BCUT2D eigenvalue weighted by atomic mass is 10.1. The Morgan fingerprint density at radius 3 is 3.00 bits per heavy atom. The predicted molar refractivity (Wildman–Crippen MR) is 75.2 cm³/mol. The number of amides is 1. The summed E-state index contributed by atoms with van der Waals surface area (Å²) in [6, 6.07) is 6.65. The van der Waals surface area contributed by atoms with E-state index in [1.54, 1.807) is 22.3 Å². The summed E-state index contributed by atoms with van der Waals surface area (Å²) in [4.78, 5) is 15.3. The van der Waals surface area contributed by atoms with E-state index in [-0.39, 0.29) is 11.7 Å². The first-order valence-electron chi connectivity index (χ1n) is 6.27. The van der Waals surface area contributed by atoms with Crippen molar-refractivity contribution in [2.45, 2.75) is 19.8 Å². The molecule has 3 rings (SSSR count). The molecule has 19 heavy (non-hydrogen) atoms. The lowest BCUT2D eigenvalue weighted by Crippen LogP contribution is -2.30. The summed E-state index contributed by atoms with van der Waals surface area (Å²) >= 11 is 1.66. The smallest absolute Gasteiger partial charge is 0.231 e. The van der Waals surface area contributed by atoms with Crippen LogP contribution in [0.2, 0.25) is 0 Å². The van der Waals surface area contributed by atoms with E-state index in [2.05, 4.69) is 0 Å². The molecule has 0 saturated carbocycles. The number of halogens is 1. The van der Waals surface area contributed by atoms with Crippen LogP contribution in [0.25, 0.3) is 0 Å². The fourth-order valence-corrected chi connectivity index (χ4v) is 3.21. The zero-order chi connectivity index (χ0) is 13.4. The van der Waals surface area contributed by atoms with E-state index in [9.17, 15) is 9.18 Å². The summed E-state index contributed by atoms with van der Waals surface area (Å²) in [5.74, 6) is -0.145. The van der Waals surface area contributed by atoms with Crippen LogP contribution in [0, 0.1) is 12.7 Å². The van der Waals surface area contributed by atoms with Crippen LogP contribution < -0.4 is 4.90 Å². The average Bonchev–Trinajstić information content (AvgIpc) is 2.96. The molecule has 0 atom stereocenters. The molecule has 1 amide bonds. The van der Waals surface area contributed by atoms with E-state index < -0.39 is 0 Å². The van der Waals surface area contributed by atoms with E-state index in [1.165, 1.54) is 17.0 Å². The molecule has 1 aliphatic rings. The number of nitrogens with zero attached hydrogens (tertiary/aromatic N) is 1. The Hall–Kier alpha value is -1.68. The zero-order valence-corrected chi connectivity index (χ0v) is 11.5. The second kappa shape index (κ2) is 4.78. The third-order valence-electron chi connectivity index (χ3n) is 3.55. The second-order valence-corrected chi connectivity index (χ2v) is 5.87. The van der Waals surface area contributed by atoms with Gasteiger partial charge in [-0.3, -0.25) is 4.79 Å². The van der Waals surface area contributed by atoms with Gasteiger partial charge in [0.2, 0.25) is 5.91 Å². The van der Waals surface area contributed by atoms with Crippen LogP contribution in [0.15, 0.2) is 29.6 Å². The molecule has 1 aromatic carbocycles. The number of rotatable bonds is 2. The van der Waals surface area contributed by atoms with Crippen molar-refractivity contribution >= 4 is 22.9 Å². The molecule has 0 N–H and O–H groups in total. The van der Waals surface area contributed by atoms with Gasteiger partial charge in [-0.2, -0.15) is 0 Å². The van der Waals surface area contributed by atoms with Crippen LogP contribution in [0.5, 0.6) is 0 Å². The van der Waals surface area contributed by atoms with Gasteiger partial charge in [0.15, 0.2) is 0 Å². The van der Waals surface area contributed by atoms with Crippen LogP contribution in [-0.2, 0) is 17.6 Å². The monoisotopic (exact) mass is 275 g/mol. The minimum absolute atomic E-state index is 0.0897. The number of carbonyl (C=O) groups excluding carboxylic acids is 1. The number of thiophene rings is 1. The fraction of sp³-hybridized carbons (Fsp3) is 0.267. The van der Waals surface area contributed by atoms with Gasteiger partial charge >= 0.3 is 0 Å². The summed E-state index contributed by atoms with van der Waals surface area (Å²) in [6.07, 6.45) is 1.16. The number of anilines is 1. The summed E-state index contributed by atoms with van der Waals surface area (Å²) in [6.45, 7) is 2.68. The molecule has 2 aromatic rings. The highest BCUT2D eigenvalue weighted by atomic mass is 32.1. The summed E-state index contributed by atoms with van der Waals surface area (Å²) < 4.78 is 13.1. The van der Waals surface area contributed by atoms with E-state index in [1.807, 2.05) is 18.4 Å². The lowest BCUT2D eigenvalue weighted by molar-refractivity contribution is -0.117. The first kappa shape index (κ1) is 12.4. The molecule has 0 aliphatic carbocycles. The Balaban J connectivity index is 1.82. The van der Waals surface area contributed by atoms with Crippen LogP contribution in [0.4, 0.5) is 10.1 Å². The Bertz CT molecular complexity index is 635. The van der Waals surface area contributed by atoms with Crippen LogP contribution in [-0.4, -0.2) is 12.5 Å². The first-order chi connectivity index (χ1) is 9.15. The normalized spacial score (nSPS) is 13.7. The van der Waals surface area contributed by atoms with Crippen molar-refractivity contribution in [2.24, 2.45) is 0 Å². The van der Waals surface area contributed by atoms with Gasteiger partial charge < -0.3 is 4.90 Å². The number of aryl methyl sites for hydroxylation is 1. The SMILES string of the molecule is Cc1sccc1CC(=O)N1CCc2cc(F)ccc21. The maximum Gasteiger partial charge on any atom is 0.231 e. The first-order valence-corrected chi connectivity index (χ1v) is 7.15. The molecule has 98 valence electrons. The topological polar surface area (TPSA) is 20.3 Å². The summed E-state index contributed by atoms with van der Waals surface area (Å²) in [7, 11) is 0. The Morgan fingerprint density at radius 1 is 1.42 bits per heavy atom. The van der Waals surface area contributed by atoms with Gasteiger partial charge in [-0.05, 0) is 54.1 Å². The van der Waals surface area contributed by atoms with Crippen molar-refractivity contribution in [3.63, 3.8) is 0 Å². The van der Waals surface area contributed by atoms with Gasteiger partial charge in [0.25, 0.3) is 0 Å². The molecule has 1 aliphatic heterocycles. The Morgan fingerprint density at radius 2 is 2.26 bits per heavy atom. The van der Waals surface area contributed by atoms with E-state index >= 15 is 0 Å². The van der Waals surface area contributed by atoms with E-state index in [0.717, 1.165) is 23.2 Å². The molecule has 0 radical (unpaired) electrons. The van der Waals surface area contributed by atoms with Crippen LogP contribution >= 0.6 is 11.3 Å². The summed E-state index contributed by atoms with van der Waals surface area (Å²) in [5.41, 5.74) is 2.88. The van der Waals surface area contributed by atoms with Gasteiger partial charge in [-0.1, -0.05) is 0 Å². The van der Waals surface area contributed by atoms with E-state index in [4.69, 9.17) is 0 Å². The largest absolute Gasteiger partial charge is 0.312 e. The highest BCUT2D eigenvalue weighted by Crippen LogP contribution is 2.29. The Labute approximate surface area is 115 Å². The molecule has 0 spiro atoms. The third kappa shape index (κ3) is 2.28. The summed E-state index contributed by atoms with van der Waals surface area (Å²) in [5, 5.41) is 2.01. The molecule has 2 heterocycles. The second-order valence-electron chi connectivity index (χ2n) is 4.75. The van der Waals surface area contributed by atoms with Crippen molar-refractivity contribution in [1.29, 1.82) is 0 Å². The quantitative estimate of drug-likeness (QED) is 0.823. The van der Waals surface area contributed by atoms with Crippen molar-refractivity contribution in [2.75, 3.05) is 11.4 Å². The van der Waals surface area contributed by atoms with Crippen LogP contribution in [0.1, 0.15) is 16.0 Å². The van der Waals surface area contributed by atoms with Gasteiger partial charge in [0, 0.05) is 17.1 Å². The highest BCUT2D eigenvalue weighted by Gasteiger charge is 2.25. The Kier molecular flexibility index (Phi) is 3.11. The minimum atomic E-state index is -0.235. The van der Waals surface area contributed by atoms with Crippen molar-refractivity contribution in [3.05, 3.63) is 51.5 Å². The fourth-order valence-electron chi connectivity index (χ4n) is 2.48. The maximum absolute atomic E-state index is 13.1. The molecular formula is C15H14FNOS. The standard InChI is InChI=1S/C15H14FNOS/c1-10-11(5-7-19-10)9-15(18)17-6-4-12-8-13(16)2-3-14(12)17/h2-3,5,7-8H,4,6,9H2,1H3. The lowest BCUT2D eigenvalue weighted by Gasteiger charge is -2.17. The average molecular weight is 275 g/mol. The number of hydrogen-bond donors (Lipinski definition) is 0. The van der Waals surface area contributed by atoms with Gasteiger partial charge in [-0.15, -0.1) is 11.3 Å². The van der Waals surface area contributed by atoms with Gasteiger partial charge in [0.05, 0.1) is 6.42 Å². The molecule has 2 nitrogen and oxygen atoms in total. The number of hydrogen-bond acceptors (Lipinski definition) is 2. The highest BCUT2D eigenvalue weighted by molar-refractivity contribution is 7.10. The van der Waals surface area contributed by atoms with Crippen molar-refractivity contribution in [3.8, 4) is 0 Å². The zero-order valence-electron chi connectivity index (χ0n) is 10.6. The van der Waals surface area contributed by atoms with Crippen molar-refractivity contribution in [1.82, 2.24) is 0 Å². The molecule has 0 bridgehead atoms. The predicted octanol–water partition coefficient (Wildman–Crippen LogP) is 3.33. The number of carbonyl (C=O) groups is 1. The van der Waals surface area contributed by atoms with Gasteiger partial charge in [-0.25, -0.2) is 4.39 Å². The minimum Gasteiger partial charge on any atom is -0.312 e.